The van der Waals surface area contributed by atoms with Crippen molar-refractivity contribution in [1.82, 2.24) is 5.32 Å². The van der Waals surface area contributed by atoms with Crippen LogP contribution in [0.25, 0.3) is 0 Å². The van der Waals surface area contributed by atoms with E-state index in [1.807, 2.05) is 18.2 Å². The fourth-order valence-electron chi connectivity index (χ4n) is 2.82. The highest BCUT2D eigenvalue weighted by Crippen LogP contribution is 2.26. The Morgan fingerprint density at radius 3 is 2.48 bits per heavy atom. The summed E-state index contributed by atoms with van der Waals surface area (Å²) in [5.41, 5.74) is 1.59. The number of ether oxygens (including phenoxy) is 1. The molecule has 5 heteroatoms. The Morgan fingerprint density at radius 2 is 1.78 bits per heavy atom. The maximum absolute atomic E-state index is 12.3. The van der Waals surface area contributed by atoms with Crippen molar-refractivity contribution in [2.75, 3.05) is 6.54 Å². The molecule has 0 aliphatic carbocycles. The second kappa shape index (κ2) is 7.35. The Balaban J connectivity index is 1.66. The van der Waals surface area contributed by atoms with Gasteiger partial charge in [0, 0.05) is 22.5 Å². The van der Waals surface area contributed by atoms with Crippen LogP contribution in [0.2, 0.25) is 10.0 Å². The first-order valence-electron chi connectivity index (χ1n) is 7.57. The summed E-state index contributed by atoms with van der Waals surface area (Å²) in [6.07, 6.45) is 1.43. The SMILES string of the molecule is O=C(OC1CCNC(c2ccccc2)C1)c1cc(Cl)cc(Cl)c1. The van der Waals surface area contributed by atoms with Gasteiger partial charge in [0.05, 0.1) is 5.56 Å². The minimum atomic E-state index is -0.381. The lowest BCUT2D eigenvalue weighted by molar-refractivity contribution is 0.0183. The third-order valence-electron chi connectivity index (χ3n) is 3.93. The molecule has 0 spiro atoms. The predicted octanol–water partition coefficient (Wildman–Crippen LogP) is 4.64. The minimum absolute atomic E-state index is 0.119. The average molecular weight is 350 g/mol. The Bertz CT molecular complexity index is 670. The zero-order chi connectivity index (χ0) is 16.2. The van der Waals surface area contributed by atoms with Crippen molar-refractivity contribution in [3.8, 4) is 0 Å². The normalized spacial score (nSPS) is 21.0. The van der Waals surface area contributed by atoms with E-state index in [0.717, 1.165) is 19.4 Å². The van der Waals surface area contributed by atoms with Crippen molar-refractivity contribution in [2.45, 2.75) is 25.0 Å². The molecule has 0 radical (unpaired) electrons. The van der Waals surface area contributed by atoms with Crippen LogP contribution < -0.4 is 5.32 Å². The molecule has 1 N–H and O–H groups in total. The monoisotopic (exact) mass is 349 g/mol. The smallest absolute Gasteiger partial charge is 0.338 e. The van der Waals surface area contributed by atoms with E-state index in [0.29, 0.717) is 15.6 Å². The van der Waals surface area contributed by atoms with Crippen LogP contribution in [0.15, 0.2) is 48.5 Å². The number of piperidine rings is 1. The van der Waals surface area contributed by atoms with Gasteiger partial charge in [-0.25, -0.2) is 4.79 Å². The molecule has 3 rings (SSSR count). The first kappa shape index (κ1) is 16.3. The fourth-order valence-corrected chi connectivity index (χ4v) is 3.35. The van der Waals surface area contributed by atoms with Gasteiger partial charge >= 0.3 is 5.97 Å². The number of rotatable bonds is 3. The van der Waals surface area contributed by atoms with E-state index in [9.17, 15) is 4.79 Å². The third-order valence-corrected chi connectivity index (χ3v) is 4.37. The maximum Gasteiger partial charge on any atom is 0.338 e. The number of carbonyl (C=O) groups excluding carboxylic acids is 1. The first-order chi connectivity index (χ1) is 11.1. The van der Waals surface area contributed by atoms with Gasteiger partial charge in [-0.1, -0.05) is 53.5 Å². The standard InChI is InChI=1S/C18H17Cl2NO2/c19-14-8-13(9-15(20)10-14)18(22)23-16-6-7-21-17(11-16)12-4-2-1-3-5-12/h1-5,8-10,16-17,21H,6-7,11H2. The van der Waals surface area contributed by atoms with E-state index < -0.39 is 0 Å². The van der Waals surface area contributed by atoms with Gasteiger partial charge < -0.3 is 10.1 Å². The topological polar surface area (TPSA) is 38.3 Å². The van der Waals surface area contributed by atoms with E-state index in [1.54, 1.807) is 18.2 Å². The highest BCUT2D eigenvalue weighted by atomic mass is 35.5. The van der Waals surface area contributed by atoms with Crippen molar-refractivity contribution in [2.24, 2.45) is 0 Å². The van der Waals surface area contributed by atoms with Crippen LogP contribution >= 0.6 is 23.2 Å². The molecule has 0 aromatic heterocycles. The van der Waals surface area contributed by atoms with E-state index in [-0.39, 0.29) is 18.1 Å². The van der Waals surface area contributed by atoms with Gasteiger partial charge in [-0.15, -0.1) is 0 Å². The van der Waals surface area contributed by atoms with Crippen LogP contribution in [0, 0.1) is 0 Å². The molecule has 3 nitrogen and oxygen atoms in total. The van der Waals surface area contributed by atoms with Crippen LogP contribution in [0.4, 0.5) is 0 Å². The van der Waals surface area contributed by atoms with Gasteiger partial charge in [-0.05, 0) is 36.7 Å². The maximum atomic E-state index is 12.3. The molecule has 23 heavy (non-hydrogen) atoms. The summed E-state index contributed by atoms with van der Waals surface area (Å²) in [5, 5.41) is 4.32. The molecule has 120 valence electrons. The molecule has 0 bridgehead atoms. The molecule has 2 aromatic rings. The molecule has 1 fully saturated rings. The van der Waals surface area contributed by atoms with Gasteiger partial charge in [0.2, 0.25) is 0 Å². The minimum Gasteiger partial charge on any atom is -0.459 e. The van der Waals surface area contributed by atoms with Gasteiger partial charge in [-0.3, -0.25) is 0 Å². The lowest BCUT2D eigenvalue weighted by Crippen LogP contribution is -2.36. The van der Waals surface area contributed by atoms with Crippen LogP contribution in [-0.4, -0.2) is 18.6 Å². The van der Waals surface area contributed by atoms with Crippen molar-refractivity contribution in [3.63, 3.8) is 0 Å². The number of hydrogen-bond donors (Lipinski definition) is 1. The summed E-state index contributed by atoms with van der Waals surface area (Å²) in [6, 6.07) is 15.1. The second-order valence-electron chi connectivity index (χ2n) is 5.63. The molecule has 1 saturated heterocycles. The number of benzene rings is 2. The highest BCUT2D eigenvalue weighted by Gasteiger charge is 2.26. The molecule has 0 saturated carbocycles. The van der Waals surface area contributed by atoms with E-state index in [4.69, 9.17) is 27.9 Å². The molecular formula is C18H17Cl2NO2. The molecule has 1 heterocycles. The van der Waals surface area contributed by atoms with Gasteiger partial charge in [0.15, 0.2) is 0 Å². The summed E-state index contributed by atoms with van der Waals surface area (Å²) in [7, 11) is 0. The molecule has 1 aliphatic heterocycles. The number of halogens is 2. The first-order valence-corrected chi connectivity index (χ1v) is 8.33. The van der Waals surface area contributed by atoms with Crippen LogP contribution in [-0.2, 0) is 4.74 Å². The van der Waals surface area contributed by atoms with E-state index in [2.05, 4.69) is 17.4 Å². The van der Waals surface area contributed by atoms with Crippen LogP contribution in [0.1, 0.15) is 34.8 Å². The average Bonchev–Trinajstić information content (AvgIpc) is 2.55. The summed E-state index contributed by atoms with van der Waals surface area (Å²) in [4.78, 5) is 12.3. The molecule has 2 unspecified atom stereocenters. The lowest BCUT2D eigenvalue weighted by atomic mass is 9.95. The van der Waals surface area contributed by atoms with Crippen molar-refractivity contribution in [3.05, 3.63) is 69.7 Å². The molecule has 1 aliphatic rings. The Kier molecular flexibility index (Phi) is 5.21. The molecule has 2 atom stereocenters. The second-order valence-corrected chi connectivity index (χ2v) is 6.50. The Morgan fingerprint density at radius 1 is 1.09 bits per heavy atom. The third kappa shape index (κ3) is 4.25. The van der Waals surface area contributed by atoms with Crippen molar-refractivity contribution in [1.29, 1.82) is 0 Å². The largest absolute Gasteiger partial charge is 0.459 e. The predicted molar refractivity (Wildman–Crippen MR) is 92.1 cm³/mol. The zero-order valence-electron chi connectivity index (χ0n) is 12.5. The van der Waals surface area contributed by atoms with Gasteiger partial charge in [0.1, 0.15) is 6.10 Å². The number of nitrogens with one attached hydrogen (secondary N) is 1. The highest BCUT2D eigenvalue weighted by molar-refractivity contribution is 6.35. The zero-order valence-corrected chi connectivity index (χ0v) is 14.0. The molecule has 2 aromatic carbocycles. The summed E-state index contributed by atoms with van der Waals surface area (Å²) < 4.78 is 5.64. The van der Waals surface area contributed by atoms with Crippen LogP contribution in [0.3, 0.4) is 0 Å². The fraction of sp³-hybridized carbons (Fsp3) is 0.278. The van der Waals surface area contributed by atoms with Gasteiger partial charge in [-0.2, -0.15) is 0 Å². The Labute approximate surface area is 145 Å². The summed E-state index contributed by atoms with van der Waals surface area (Å²) in [5.74, 6) is -0.381. The van der Waals surface area contributed by atoms with Crippen LogP contribution in [0.5, 0.6) is 0 Å². The number of hydrogen-bond acceptors (Lipinski definition) is 3. The van der Waals surface area contributed by atoms with E-state index in [1.165, 1.54) is 5.56 Å². The summed E-state index contributed by atoms with van der Waals surface area (Å²) in [6.45, 7) is 0.813. The Hall–Kier alpha value is -1.55. The van der Waals surface area contributed by atoms with Gasteiger partial charge in [0.25, 0.3) is 0 Å². The molecular weight excluding hydrogens is 333 g/mol. The number of carbonyl (C=O) groups is 1. The van der Waals surface area contributed by atoms with Crippen molar-refractivity contribution >= 4 is 29.2 Å². The lowest BCUT2D eigenvalue weighted by Gasteiger charge is -2.30. The summed E-state index contributed by atoms with van der Waals surface area (Å²) >= 11 is 11.9. The molecule has 0 amide bonds. The van der Waals surface area contributed by atoms with Crippen molar-refractivity contribution < 1.29 is 9.53 Å². The quantitative estimate of drug-likeness (QED) is 0.820. The van der Waals surface area contributed by atoms with E-state index >= 15 is 0 Å². The number of esters is 1.